The van der Waals surface area contributed by atoms with Gasteiger partial charge in [-0.15, -0.1) is 0 Å². The van der Waals surface area contributed by atoms with Crippen LogP contribution in [0.5, 0.6) is 0 Å². The Morgan fingerprint density at radius 1 is 0.750 bits per heavy atom. The summed E-state index contributed by atoms with van der Waals surface area (Å²) in [5.41, 5.74) is 18.5. The number of nitrogens with two attached hydrogens (primary N) is 3. The van der Waals surface area contributed by atoms with E-state index in [1.54, 1.807) is 0 Å². The first-order valence-corrected chi connectivity index (χ1v) is 9.24. The van der Waals surface area contributed by atoms with Crippen LogP contribution in [-0.4, -0.2) is 55.9 Å². The molecule has 0 aromatic carbocycles. The summed E-state index contributed by atoms with van der Waals surface area (Å²) in [6.07, 6.45) is 7.03. The van der Waals surface area contributed by atoms with Crippen LogP contribution in [0.25, 0.3) is 0 Å². The van der Waals surface area contributed by atoms with Crippen LogP contribution in [0, 0.1) is 0 Å². The molecule has 0 aliphatic rings. The van der Waals surface area contributed by atoms with E-state index in [0.29, 0.717) is 32.2 Å². The molecule has 158 valence electrons. The van der Waals surface area contributed by atoms with Crippen molar-refractivity contribution in [1.82, 2.24) is 4.57 Å². The topological polar surface area (TPSA) is 195 Å². The monoisotopic (exact) mass is 398 g/mol. The Labute approximate surface area is 163 Å². The molecule has 3 atom stereocenters. The highest BCUT2D eigenvalue weighted by Crippen LogP contribution is 2.18. The third kappa shape index (κ3) is 8.07. The number of unbranched alkanes of at least 4 members (excludes halogenated alkanes) is 1. The molecule has 0 spiro atoms. The largest absolute Gasteiger partial charge is 0.480 e. The highest BCUT2D eigenvalue weighted by molar-refractivity contribution is 5.73. The first kappa shape index (κ1) is 23.6. The zero-order valence-electron chi connectivity index (χ0n) is 15.8. The minimum atomic E-state index is -1.07. The fourth-order valence-corrected chi connectivity index (χ4v) is 2.83. The van der Waals surface area contributed by atoms with Gasteiger partial charge in [0.1, 0.15) is 18.1 Å². The van der Waals surface area contributed by atoms with Gasteiger partial charge in [-0.2, -0.15) is 0 Å². The van der Waals surface area contributed by atoms with Crippen molar-refractivity contribution in [2.75, 3.05) is 0 Å². The number of aromatic nitrogens is 1. The summed E-state index contributed by atoms with van der Waals surface area (Å²) in [5, 5.41) is 26.7. The smallest absolute Gasteiger partial charge is 0.320 e. The third-order valence-electron chi connectivity index (χ3n) is 4.64. The molecule has 0 aliphatic carbocycles. The van der Waals surface area contributed by atoms with E-state index in [2.05, 4.69) is 0 Å². The van der Waals surface area contributed by atoms with Gasteiger partial charge in [-0.25, -0.2) is 0 Å². The van der Waals surface area contributed by atoms with Crippen molar-refractivity contribution in [3.8, 4) is 0 Å². The van der Waals surface area contributed by atoms with Gasteiger partial charge in [0.2, 0.25) is 0 Å². The summed E-state index contributed by atoms with van der Waals surface area (Å²) >= 11 is 0. The minimum absolute atomic E-state index is 0.269. The molecule has 9 N–H and O–H groups in total. The van der Waals surface area contributed by atoms with Crippen LogP contribution < -0.4 is 17.2 Å². The summed E-state index contributed by atoms with van der Waals surface area (Å²) in [6.45, 7) is 0.648. The summed E-state index contributed by atoms with van der Waals surface area (Å²) in [7, 11) is 0. The Hall–Kier alpha value is -2.43. The van der Waals surface area contributed by atoms with E-state index in [4.69, 9.17) is 32.5 Å². The second kappa shape index (κ2) is 11.4. The molecule has 0 amide bonds. The molecule has 28 heavy (non-hydrogen) atoms. The lowest BCUT2D eigenvalue weighted by molar-refractivity contribution is -0.139. The standard InChI is InChI=1S/C18H30N4O6/c19-13(16(23)24)3-1-2-8-22-9-11(4-6-14(20)17(25)26)12(10-22)5-7-15(21)18(27)28/h9-10,13-15H,1-8,19-21H2,(H,23,24)(H,25,26)(H,27,28)/t13-,14-,15-/m0/s1. The molecule has 0 saturated carbocycles. The molecule has 0 bridgehead atoms. The van der Waals surface area contributed by atoms with E-state index in [9.17, 15) is 14.4 Å². The molecular formula is C18H30N4O6. The first-order chi connectivity index (χ1) is 13.1. The van der Waals surface area contributed by atoms with E-state index < -0.39 is 36.0 Å². The van der Waals surface area contributed by atoms with Gasteiger partial charge < -0.3 is 37.1 Å². The first-order valence-electron chi connectivity index (χ1n) is 9.24. The van der Waals surface area contributed by atoms with Gasteiger partial charge >= 0.3 is 17.9 Å². The quantitative estimate of drug-likeness (QED) is 0.229. The van der Waals surface area contributed by atoms with Crippen LogP contribution in [0.3, 0.4) is 0 Å². The predicted octanol–water partition coefficient (Wildman–Crippen LogP) is -0.241. The summed E-state index contributed by atoms with van der Waals surface area (Å²) in [5.74, 6) is -3.15. The second-order valence-electron chi connectivity index (χ2n) is 6.95. The van der Waals surface area contributed by atoms with Gasteiger partial charge in [-0.3, -0.25) is 14.4 Å². The lowest BCUT2D eigenvalue weighted by Gasteiger charge is -2.08. The maximum Gasteiger partial charge on any atom is 0.320 e. The molecular weight excluding hydrogens is 368 g/mol. The van der Waals surface area contributed by atoms with E-state index >= 15 is 0 Å². The Kier molecular flexibility index (Phi) is 9.63. The Morgan fingerprint density at radius 2 is 1.14 bits per heavy atom. The lowest BCUT2D eigenvalue weighted by Crippen LogP contribution is -2.31. The number of aryl methyl sites for hydroxylation is 3. The van der Waals surface area contributed by atoms with Crippen molar-refractivity contribution < 1.29 is 29.7 Å². The zero-order chi connectivity index (χ0) is 21.3. The van der Waals surface area contributed by atoms with Crippen LogP contribution >= 0.6 is 0 Å². The SMILES string of the molecule is N[C@@H](CCCCn1cc(CC[C@H](N)C(=O)O)c(CC[C@H](N)C(=O)O)c1)C(=O)O. The molecule has 10 nitrogen and oxygen atoms in total. The second-order valence-corrected chi connectivity index (χ2v) is 6.95. The third-order valence-corrected chi connectivity index (χ3v) is 4.64. The average molecular weight is 398 g/mol. The fraction of sp³-hybridized carbons (Fsp3) is 0.611. The summed E-state index contributed by atoms with van der Waals surface area (Å²) < 4.78 is 1.94. The Morgan fingerprint density at radius 3 is 1.54 bits per heavy atom. The van der Waals surface area contributed by atoms with Crippen molar-refractivity contribution in [3.05, 3.63) is 23.5 Å². The van der Waals surface area contributed by atoms with E-state index in [0.717, 1.165) is 17.5 Å². The fourth-order valence-electron chi connectivity index (χ4n) is 2.83. The van der Waals surface area contributed by atoms with Gasteiger partial charge in [0.05, 0.1) is 0 Å². The van der Waals surface area contributed by atoms with E-state index in [-0.39, 0.29) is 12.8 Å². The van der Waals surface area contributed by atoms with Gasteiger partial charge in [0.25, 0.3) is 0 Å². The summed E-state index contributed by atoms with van der Waals surface area (Å²) in [6, 6.07) is -2.80. The van der Waals surface area contributed by atoms with Crippen molar-refractivity contribution in [2.24, 2.45) is 17.2 Å². The molecule has 0 aliphatic heterocycles. The van der Waals surface area contributed by atoms with Gasteiger partial charge in [-0.05, 0) is 56.1 Å². The van der Waals surface area contributed by atoms with Crippen LogP contribution in [-0.2, 0) is 33.8 Å². The molecule has 1 rings (SSSR count). The zero-order valence-corrected chi connectivity index (χ0v) is 15.8. The van der Waals surface area contributed by atoms with Crippen LogP contribution in [0.2, 0.25) is 0 Å². The average Bonchev–Trinajstić information content (AvgIpc) is 3.02. The molecule has 0 fully saturated rings. The molecule has 0 unspecified atom stereocenters. The van der Waals surface area contributed by atoms with Crippen molar-refractivity contribution in [2.45, 2.75) is 69.6 Å². The molecule has 10 heteroatoms. The van der Waals surface area contributed by atoms with Gasteiger partial charge in [-0.1, -0.05) is 0 Å². The number of carbonyl (C=O) groups is 3. The van der Waals surface area contributed by atoms with Crippen LogP contribution in [0.1, 0.15) is 43.2 Å². The highest BCUT2D eigenvalue weighted by Gasteiger charge is 2.17. The number of nitrogens with zero attached hydrogens (tertiary/aromatic N) is 1. The van der Waals surface area contributed by atoms with E-state index in [1.165, 1.54) is 0 Å². The molecule has 0 saturated heterocycles. The summed E-state index contributed by atoms with van der Waals surface area (Å²) in [4.78, 5) is 32.6. The van der Waals surface area contributed by atoms with Crippen molar-refractivity contribution in [3.63, 3.8) is 0 Å². The number of hydrogen-bond donors (Lipinski definition) is 6. The maximum absolute atomic E-state index is 10.9. The van der Waals surface area contributed by atoms with Crippen LogP contribution in [0.15, 0.2) is 12.4 Å². The Bertz CT molecular complexity index is 634. The van der Waals surface area contributed by atoms with Gasteiger partial charge in [0, 0.05) is 18.9 Å². The van der Waals surface area contributed by atoms with Crippen LogP contribution in [0.4, 0.5) is 0 Å². The number of rotatable bonds is 14. The minimum Gasteiger partial charge on any atom is -0.480 e. The molecule has 1 aromatic rings. The van der Waals surface area contributed by atoms with E-state index in [1.807, 2.05) is 17.0 Å². The number of hydrogen-bond acceptors (Lipinski definition) is 6. The maximum atomic E-state index is 10.9. The molecule has 1 aromatic heterocycles. The number of carboxylic acids is 3. The predicted molar refractivity (Wildman–Crippen MR) is 102 cm³/mol. The number of carboxylic acid groups (broad SMARTS) is 3. The lowest BCUT2D eigenvalue weighted by atomic mass is 10.0. The van der Waals surface area contributed by atoms with Crippen molar-refractivity contribution in [1.29, 1.82) is 0 Å². The number of aliphatic carboxylic acids is 3. The van der Waals surface area contributed by atoms with Gasteiger partial charge in [0.15, 0.2) is 0 Å². The Balaban J connectivity index is 2.70. The highest BCUT2D eigenvalue weighted by atomic mass is 16.4. The molecule has 1 heterocycles. The van der Waals surface area contributed by atoms with Crippen molar-refractivity contribution >= 4 is 17.9 Å². The normalized spacial score (nSPS) is 14.4. The molecule has 0 radical (unpaired) electrons.